The molecule has 0 unspecified atom stereocenters. The van der Waals surface area contributed by atoms with Gasteiger partial charge >= 0.3 is 0 Å². The van der Waals surface area contributed by atoms with E-state index in [1.807, 2.05) is 30.3 Å². The van der Waals surface area contributed by atoms with Crippen LogP contribution >= 0.6 is 15.9 Å². The number of ether oxygens (including phenoxy) is 2. The molecule has 0 radical (unpaired) electrons. The fraction of sp³-hybridized carbons (Fsp3) is 0.176. The molecule has 120 valence electrons. The van der Waals surface area contributed by atoms with Gasteiger partial charge in [0.15, 0.2) is 11.5 Å². The maximum atomic E-state index is 11.8. The number of halogens is 1. The molecule has 0 aromatic heterocycles. The van der Waals surface area contributed by atoms with Crippen LogP contribution < -0.4 is 14.9 Å². The van der Waals surface area contributed by atoms with Gasteiger partial charge in [-0.2, -0.15) is 5.10 Å². The van der Waals surface area contributed by atoms with Crippen molar-refractivity contribution in [2.24, 2.45) is 5.10 Å². The Morgan fingerprint density at radius 3 is 2.48 bits per heavy atom. The lowest BCUT2D eigenvalue weighted by molar-refractivity contribution is -0.120. The van der Waals surface area contributed by atoms with Crippen molar-refractivity contribution in [2.75, 3.05) is 14.2 Å². The highest BCUT2D eigenvalue weighted by Crippen LogP contribution is 2.26. The van der Waals surface area contributed by atoms with E-state index in [4.69, 9.17) is 9.47 Å². The van der Waals surface area contributed by atoms with E-state index in [-0.39, 0.29) is 12.3 Å². The second-order valence-corrected chi connectivity index (χ2v) is 5.63. The van der Waals surface area contributed by atoms with E-state index < -0.39 is 0 Å². The molecule has 2 aromatic rings. The highest BCUT2D eigenvalue weighted by atomic mass is 79.9. The molecule has 0 aliphatic rings. The maximum absolute atomic E-state index is 11.8. The summed E-state index contributed by atoms with van der Waals surface area (Å²) in [4.78, 5) is 11.8. The first kappa shape index (κ1) is 17.0. The van der Waals surface area contributed by atoms with E-state index in [0.29, 0.717) is 11.5 Å². The summed E-state index contributed by atoms with van der Waals surface area (Å²) in [5.74, 6) is 1.07. The topological polar surface area (TPSA) is 59.9 Å². The fourth-order valence-corrected chi connectivity index (χ4v) is 2.20. The summed E-state index contributed by atoms with van der Waals surface area (Å²) >= 11 is 3.36. The Labute approximate surface area is 143 Å². The van der Waals surface area contributed by atoms with Crippen molar-refractivity contribution in [1.29, 1.82) is 0 Å². The van der Waals surface area contributed by atoms with Crippen LogP contribution in [-0.4, -0.2) is 26.3 Å². The Kier molecular flexibility index (Phi) is 6.17. The lowest BCUT2D eigenvalue weighted by Crippen LogP contribution is -2.19. The molecule has 0 bridgehead atoms. The lowest BCUT2D eigenvalue weighted by atomic mass is 10.1. The summed E-state index contributed by atoms with van der Waals surface area (Å²) in [6, 6.07) is 13.0. The molecule has 0 aliphatic carbocycles. The zero-order chi connectivity index (χ0) is 16.7. The highest BCUT2D eigenvalue weighted by molar-refractivity contribution is 9.10. The fourth-order valence-electron chi connectivity index (χ4n) is 1.94. The van der Waals surface area contributed by atoms with Gasteiger partial charge < -0.3 is 9.47 Å². The first-order chi connectivity index (χ1) is 11.1. The molecule has 0 fully saturated rings. The summed E-state index contributed by atoms with van der Waals surface area (Å²) in [5.41, 5.74) is 4.23. The van der Waals surface area contributed by atoms with Crippen molar-refractivity contribution in [1.82, 2.24) is 5.43 Å². The summed E-state index contributed by atoms with van der Waals surface area (Å²) in [6.45, 7) is 0. The highest BCUT2D eigenvalue weighted by Gasteiger charge is 2.04. The third-order valence-electron chi connectivity index (χ3n) is 3.09. The van der Waals surface area contributed by atoms with Crippen molar-refractivity contribution in [3.63, 3.8) is 0 Å². The quantitative estimate of drug-likeness (QED) is 0.622. The molecule has 1 amide bonds. The standard InChI is InChI=1S/C17H17BrN2O3/c1-22-15-8-5-13(9-16(15)23-2)11-19-20-17(21)10-12-3-6-14(18)7-4-12/h3-9,11H,10H2,1-2H3,(H,20,21). The molecule has 0 spiro atoms. The maximum Gasteiger partial charge on any atom is 0.244 e. The van der Waals surface area contributed by atoms with Gasteiger partial charge in [0.2, 0.25) is 5.91 Å². The third-order valence-corrected chi connectivity index (χ3v) is 3.62. The van der Waals surface area contributed by atoms with E-state index in [2.05, 4.69) is 26.5 Å². The smallest absolute Gasteiger partial charge is 0.244 e. The number of nitrogens with one attached hydrogen (secondary N) is 1. The van der Waals surface area contributed by atoms with Crippen molar-refractivity contribution in [3.8, 4) is 11.5 Å². The second-order valence-electron chi connectivity index (χ2n) is 4.71. The van der Waals surface area contributed by atoms with Gasteiger partial charge in [-0.15, -0.1) is 0 Å². The van der Waals surface area contributed by atoms with E-state index in [1.165, 1.54) is 0 Å². The van der Waals surface area contributed by atoms with Gasteiger partial charge in [0, 0.05) is 4.47 Å². The molecule has 0 saturated heterocycles. The van der Waals surface area contributed by atoms with Crippen LogP contribution in [0.4, 0.5) is 0 Å². The first-order valence-electron chi connectivity index (χ1n) is 6.90. The molecule has 0 saturated carbocycles. The minimum absolute atomic E-state index is 0.177. The number of hydrazone groups is 1. The van der Waals surface area contributed by atoms with Gasteiger partial charge in [0.25, 0.3) is 0 Å². The van der Waals surface area contributed by atoms with E-state index in [0.717, 1.165) is 15.6 Å². The number of carbonyl (C=O) groups is 1. The minimum atomic E-state index is -0.177. The average Bonchev–Trinajstić information content (AvgIpc) is 2.56. The third kappa shape index (κ3) is 5.10. The van der Waals surface area contributed by atoms with Crippen LogP contribution in [0.1, 0.15) is 11.1 Å². The largest absolute Gasteiger partial charge is 0.493 e. The van der Waals surface area contributed by atoms with Crippen LogP contribution in [0.5, 0.6) is 11.5 Å². The van der Waals surface area contributed by atoms with Crippen molar-refractivity contribution < 1.29 is 14.3 Å². The average molecular weight is 377 g/mol. The van der Waals surface area contributed by atoms with E-state index in [9.17, 15) is 4.79 Å². The van der Waals surface area contributed by atoms with Crippen LogP contribution in [0, 0.1) is 0 Å². The number of nitrogens with zero attached hydrogens (tertiary/aromatic N) is 1. The van der Waals surface area contributed by atoms with Gasteiger partial charge in [-0.25, -0.2) is 5.43 Å². The minimum Gasteiger partial charge on any atom is -0.493 e. The Morgan fingerprint density at radius 2 is 1.83 bits per heavy atom. The summed E-state index contributed by atoms with van der Waals surface area (Å²) in [7, 11) is 3.15. The van der Waals surface area contributed by atoms with Crippen molar-refractivity contribution in [3.05, 3.63) is 58.1 Å². The van der Waals surface area contributed by atoms with Crippen LogP contribution in [0.3, 0.4) is 0 Å². The molecular formula is C17H17BrN2O3. The molecule has 2 rings (SSSR count). The lowest BCUT2D eigenvalue weighted by Gasteiger charge is -2.07. The molecule has 0 aliphatic heterocycles. The number of rotatable bonds is 6. The van der Waals surface area contributed by atoms with Gasteiger partial charge in [-0.05, 0) is 41.5 Å². The molecule has 2 aromatic carbocycles. The predicted molar refractivity (Wildman–Crippen MR) is 93.1 cm³/mol. The normalized spacial score (nSPS) is 10.6. The second kappa shape index (κ2) is 8.33. The summed E-state index contributed by atoms with van der Waals surface area (Å²) in [6.07, 6.45) is 1.83. The molecule has 1 N–H and O–H groups in total. The molecule has 0 heterocycles. The number of carbonyl (C=O) groups excluding carboxylic acids is 1. The molecule has 6 heteroatoms. The SMILES string of the molecule is COc1ccc(C=NNC(=O)Cc2ccc(Br)cc2)cc1OC. The molecule has 5 nitrogen and oxygen atoms in total. The van der Waals surface area contributed by atoms with Crippen molar-refractivity contribution >= 4 is 28.1 Å². The van der Waals surface area contributed by atoms with Gasteiger partial charge in [0.05, 0.1) is 26.9 Å². The zero-order valence-electron chi connectivity index (χ0n) is 12.9. The monoisotopic (exact) mass is 376 g/mol. The number of hydrogen-bond acceptors (Lipinski definition) is 4. The van der Waals surface area contributed by atoms with E-state index >= 15 is 0 Å². The Bertz CT molecular complexity index is 699. The van der Waals surface area contributed by atoms with Gasteiger partial charge in [0.1, 0.15) is 0 Å². The predicted octanol–water partition coefficient (Wildman–Crippen LogP) is 3.16. The molecular weight excluding hydrogens is 360 g/mol. The van der Waals surface area contributed by atoms with Crippen molar-refractivity contribution in [2.45, 2.75) is 6.42 Å². The van der Waals surface area contributed by atoms with Crippen LogP contribution in [0.2, 0.25) is 0 Å². The molecule has 0 atom stereocenters. The number of methoxy groups -OCH3 is 2. The zero-order valence-corrected chi connectivity index (χ0v) is 14.5. The van der Waals surface area contributed by atoms with Gasteiger partial charge in [-0.3, -0.25) is 4.79 Å². The van der Waals surface area contributed by atoms with Crippen LogP contribution in [0.25, 0.3) is 0 Å². The van der Waals surface area contributed by atoms with Crippen LogP contribution in [0.15, 0.2) is 52.0 Å². The Morgan fingerprint density at radius 1 is 1.13 bits per heavy atom. The Hall–Kier alpha value is -2.34. The number of hydrogen-bond donors (Lipinski definition) is 1. The number of benzene rings is 2. The molecule has 23 heavy (non-hydrogen) atoms. The van der Waals surface area contributed by atoms with E-state index in [1.54, 1.807) is 32.6 Å². The summed E-state index contributed by atoms with van der Waals surface area (Å²) < 4.78 is 11.4. The summed E-state index contributed by atoms with van der Waals surface area (Å²) in [5, 5.41) is 3.96. The first-order valence-corrected chi connectivity index (χ1v) is 7.70. The number of amides is 1. The van der Waals surface area contributed by atoms with Crippen LogP contribution in [-0.2, 0) is 11.2 Å². The Balaban J connectivity index is 1.93. The van der Waals surface area contributed by atoms with Gasteiger partial charge in [-0.1, -0.05) is 28.1 Å².